The summed E-state index contributed by atoms with van der Waals surface area (Å²) in [5.41, 5.74) is 0.634. The normalized spacial score (nSPS) is 12.9. The van der Waals surface area contributed by atoms with E-state index in [2.05, 4.69) is 19.2 Å². The molecule has 0 aliphatic rings. The van der Waals surface area contributed by atoms with Gasteiger partial charge in [0, 0.05) is 17.8 Å². The molecule has 0 amide bonds. The van der Waals surface area contributed by atoms with E-state index in [1.165, 1.54) is 6.07 Å². The Balaban J connectivity index is 2.49. The Kier molecular flexibility index (Phi) is 4.71. The summed E-state index contributed by atoms with van der Waals surface area (Å²) in [4.78, 5) is 0. The van der Waals surface area contributed by atoms with E-state index in [1.54, 1.807) is 6.07 Å². The zero-order valence-corrected chi connectivity index (χ0v) is 10.1. The highest BCUT2D eigenvalue weighted by atomic mass is 19.2. The van der Waals surface area contributed by atoms with Crippen LogP contribution in [0.3, 0.4) is 0 Å². The number of anilines is 1. The van der Waals surface area contributed by atoms with Crippen molar-refractivity contribution in [2.45, 2.75) is 39.7 Å². The average molecular weight is 227 g/mol. The van der Waals surface area contributed by atoms with Crippen LogP contribution in [0.2, 0.25) is 0 Å². The summed E-state index contributed by atoms with van der Waals surface area (Å²) in [7, 11) is 0. The molecule has 1 nitrogen and oxygen atoms in total. The van der Waals surface area contributed by atoms with Crippen LogP contribution >= 0.6 is 0 Å². The quantitative estimate of drug-likeness (QED) is 0.794. The van der Waals surface area contributed by atoms with Crippen molar-refractivity contribution in [2.24, 2.45) is 5.92 Å². The third-order valence-corrected chi connectivity index (χ3v) is 2.51. The highest BCUT2D eigenvalue weighted by molar-refractivity contribution is 5.44. The van der Waals surface area contributed by atoms with Crippen molar-refractivity contribution >= 4 is 5.69 Å². The zero-order chi connectivity index (χ0) is 12.1. The first kappa shape index (κ1) is 12.9. The Bertz CT molecular complexity index is 337. The van der Waals surface area contributed by atoms with Crippen LogP contribution in [0.5, 0.6) is 0 Å². The van der Waals surface area contributed by atoms with Crippen LogP contribution in [-0.4, -0.2) is 6.04 Å². The van der Waals surface area contributed by atoms with Crippen LogP contribution in [0, 0.1) is 17.6 Å². The summed E-state index contributed by atoms with van der Waals surface area (Å²) >= 11 is 0. The molecule has 0 aliphatic carbocycles. The van der Waals surface area contributed by atoms with Gasteiger partial charge < -0.3 is 5.32 Å². The molecule has 1 aromatic carbocycles. The smallest absolute Gasteiger partial charge is 0.160 e. The van der Waals surface area contributed by atoms with Gasteiger partial charge >= 0.3 is 0 Å². The Morgan fingerprint density at radius 3 is 2.31 bits per heavy atom. The summed E-state index contributed by atoms with van der Waals surface area (Å²) in [5.74, 6) is -0.948. The van der Waals surface area contributed by atoms with Gasteiger partial charge in [0.25, 0.3) is 0 Å². The average Bonchev–Trinajstić information content (AvgIpc) is 2.21. The number of rotatable bonds is 5. The van der Waals surface area contributed by atoms with E-state index in [0.717, 1.165) is 18.9 Å². The molecular formula is C13H19F2N. The van der Waals surface area contributed by atoms with Crippen molar-refractivity contribution in [2.75, 3.05) is 5.32 Å². The molecule has 0 spiro atoms. The van der Waals surface area contributed by atoms with Crippen LogP contribution in [0.1, 0.15) is 33.6 Å². The largest absolute Gasteiger partial charge is 0.383 e. The maximum atomic E-state index is 12.9. The van der Waals surface area contributed by atoms with E-state index in [0.29, 0.717) is 11.6 Å². The number of hydrogen-bond acceptors (Lipinski definition) is 1. The number of benzene rings is 1. The summed E-state index contributed by atoms with van der Waals surface area (Å²) in [5, 5.41) is 3.16. The van der Waals surface area contributed by atoms with E-state index < -0.39 is 11.6 Å². The molecule has 0 saturated carbocycles. The predicted octanol–water partition coefficient (Wildman–Crippen LogP) is 4.20. The minimum Gasteiger partial charge on any atom is -0.383 e. The fraction of sp³-hybridized carbons (Fsp3) is 0.538. The standard InChI is InChI=1S/C13H19F2N/c1-9(2)4-5-10(3)16-11-6-7-12(14)13(15)8-11/h6-10,16H,4-5H2,1-3H3. The van der Waals surface area contributed by atoms with E-state index in [-0.39, 0.29) is 6.04 Å². The Morgan fingerprint density at radius 1 is 1.06 bits per heavy atom. The van der Waals surface area contributed by atoms with Crippen LogP contribution < -0.4 is 5.32 Å². The molecule has 0 saturated heterocycles. The van der Waals surface area contributed by atoms with Gasteiger partial charge in [0.2, 0.25) is 0 Å². The van der Waals surface area contributed by atoms with E-state index in [9.17, 15) is 8.78 Å². The predicted molar refractivity (Wildman–Crippen MR) is 63.5 cm³/mol. The first-order valence-corrected chi connectivity index (χ1v) is 5.70. The summed E-state index contributed by atoms with van der Waals surface area (Å²) < 4.78 is 25.6. The van der Waals surface area contributed by atoms with Gasteiger partial charge in [-0.15, -0.1) is 0 Å². The van der Waals surface area contributed by atoms with Crippen molar-refractivity contribution in [1.29, 1.82) is 0 Å². The van der Waals surface area contributed by atoms with Gasteiger partial charge in [0.05, 0.1) is 0 Å². The first-order chi connectivity index (χ1) is 7.49. The lowest BCUT2D eigenvalue weighted by Gasteiger charge is -2.16. The second kappa shape index (κ2) is 5.83. The number of nitrogens with one attached hydrogen (secondary N) is 1. The van der Waals surface area contributed by atoms with Gasteiger partial charge in [-0.3, -0.25) is 0 Å². The van der Waals surface area contributed by atoms with Gasteiger partial charge in [-0.2, -0.15) is 0 Å². The first-order valence-electron chi connectivity index (χ1n) is 5.70. The van der Waals surface area contributed by atoms with Crippen molar-refractivity contribution < 1.29 is 8.78 Å². The molecule has 0 aliphatic heterocycles. The van der Waals surface area contributed by atoms with Gasteiger partial charge in [-0.25, -0.2) is 8.78 Å². The van der Waals surface area contributed by atoms with Crippen LogP contribution in [0.15, 0.2) is 18.2 Å². The molecule has 90 valence electrons. The van der Waals surface area contributed by atoms with Crippen LogP contribution in [0.25, 0.3) is 0 Å². The molecule has 0 radical (unpaired) electrons. The zero-order valence-electron chi connectivity index (χ0n) is 10.1. The Morgan fingerprint density at radius 2 is 1.75 bits per heavy atom. The minimum atomic E-state index is -0.805. The lowest BCUT2D eigenvalue weighted by atomic mass is 10.0. The summed E-state index contributed by atoms with van der Waals surface area (Å²) in [6.07, 6.45) is 2.15. The lowest BCUT2D eigenvalue weighted by molar-refractivity contribution is 0.507. The molecule has 1 aromatic rings. The molecule has 0 heterocycles. The Hall–Kier alpha value is -1.12. The molecule has 16 heavy (non-hydrogen) atoms. The fourth-order valence-corrected chi connectivity index (χ4v) is 1.53. The van der Waals surface area contributed by atoms with E-state index in [1.807, 2.05) is 6.92 Å². The van der Waals surface area contributed by atoms with Crippen LogP contribution in [-0.2, 0) is 0 Å². The van der Waals surface area contributed by atoms with Crippen LogP contribution in [0.4, 0.5) is 14.5 Å². The second-order valence-corrected chi connectivity index (χ2v) is 4.65. The van der Waals surface area contributed by atoms with Crippen molar-refractivity contribution in [3.05, 3.63) is 29.8 Å². The molecule has 1 N–H and O–H groups in total. The molecule has 3 heteroatoms. The van der Waals surface area contributed by atoms with E-state index in [4.69, 9.17) is 0 Å². The lowest BCUT2D eigenvalue weighted by Crippen LogP contribution is -2.15. The van der Waals surface area contributed by atoms with Gasteiger partial charge in [0.1, 0.15) is 0 Å². The monoisotopic (exact) mass is 227 g/mol. The van der Waals surface area contributed by atoms with Gasteiger partial charge in [-0.1, -0.05) is 13.8 Å². The number of halogens is 2. The molecule has 0 bridgehead atoms. The molecular weight excluding hydrogens is 208 g/mol. The highest BCUT2D eigenvalue weighted by Crippen LogP contribution is 2.16. The molecule has 0 fully saturated rings. The van der Waals surface area contributed by atoms with Crippen molar-refractivity contribution in [1.82, 2.24) is 0 Å². The van der Waals surface area contributed by atoms with Crippen molar-refractivity contribution in [3.63, 3.8) is 0 Å². The van der Waals surface area contributed by atoms with Gasteiger partial charge in [-0.05, 0) is 37.8 Å². The molecule has 1 atom stereocenters. The molecule has 1 rings (SSSR count). The maximum Gasteiger partial charge on any atom is 0.160 e. The molecule has 0 aromatic heterocycles. The maximum absolute atomic E-state index is 12.9. The minimum absolute atomic E-state index is 0.271. The summed E-state index contributed by atoms with van der Waals surface area (Å²) in [6, 6.07) is 4.17. The highest BCUT2D eigenvalue weighted by Gasteiger charge is 2.06. The third kappa shape index (κ3) is 4.17. The fourth-order valence-electron chi connectivity index (χ4n) is 1.53. The SMILES string of the molecule is CC(C)CCC(C)Nc1ccc(F)c(F)c1. The second-order valence-electron chi connectivity index (χ2n) is 4.65. The third-order valence-electron chi connectivity index (χ3n) is 2.51. The Labute approximate surface area is 95.9 Å². The number of hydrogen-bond donors (Lipinski definition) is 1. The van der Waals surface area contributed by atoms with E-state index >= 15 is 0 Å². The molecule has 1 unspecified atom stereocenters. The van der Waals surface area contributed by atoms with Crippen molar-refractivity contribution in [3.8, 4) is 0 Å². The summed E-state index contributed by atoms with van der Waals surface area (Å²) in [6.45, 7) is 6.39. The topological polar surface area (TPSA) is 12.0 Å². The van der Waals surface area contributed by atoms with Gasteiger partial charge in [0.15, 0.2) is 11.6 Å².